The number of H-pyrrole nitrogens is 1. The lowest BCUT2D eigenvalue weighted by molar-refractivity contribution is -0.143. The van der Waals surface area contributed by atoms with Crippen LogP contribution < -0.4 is 21.7 Å². The van der Waals surface area contributed by atoms with E-state index < -0.39 is 47.9 Å². The van der Waals surface area contributed by atoms with Crippen LogP contribution in [-0.2, 0) is 25.6 Å². The van der Waals surface area contributed by atoms with Gasteiger partial charge in [0.25, 0.3) is 0 Å². The standard InChI is InChI=1S/C28H43N5O5S/c1-6-17(4)24(27(36)32-23(28(37)38)13-16(2)3)33-26(35)22(31-25(34)20(29)11-12-39-5)14-18-15-30-21-10-8-7-9-19(18)21/h7-10,15-17,20,22-24,30H,6,11-14,29H2,1-5H3,(H,31,34)(H,32,36)(H,33,35)(H,37,38). The number of fused-ring (bicyclic) bond motifs is 1. The lowest BCUT2D eigenvalue weighted by atomic mass is 9.96. The Morgan fingerprint density at radius 1 is 1.00 bits per heavy atom. The zero-order chi connectivity index (χ0) is 29.1. The van der Waals surface area contributed by atoms with Crippen molar-refractivity contribution in [1.29, 1.82) is 0 Å². The Hall–Kier alpha value is -3.05. The second-order valence-electron chi connectivity index (χ2n) is 10.4. The van der Waals surface area contributed by atoms with E-state index in [0.717, 1.165) is 16.5 Å². The van der Waals surface area contributed by atoms with Gasteiger partial charge in [0, 0.05) is 23.5 Å². The van der Waals surface area contributed by atoms with Crippen molar-refractivity contribution >= 4 is 46.4 Å². The lowest BCUT2D eigenvalue weighted by Gasteiger charge is -2.28. The second kappa shape index (κ2) is 15.5. The zero-order valence-electron chi connectivity index (χ0n) is 23.5. The van der Waals surface area contributed by atoms with E-state index in [4.69, 9.17) is 5.73 Å². The van der Waals surface area contributed by atoms with Gasteiger partial charge in [-0.15, -0.1) is 0 Å². The van der Waals surface area contributed by atoms with Gasteiger partial charge in [0.05, 0.1) is 6.04 Å². The van der Waals surface area contributed by atoms with E-state index in [9.17, 15) is 24.3 Å². The molecule has 0 aliphatic carbocycles. The molecule has 216 valence electrons. The molecule has 11 heteroatoms. The Kier molecular flexibility index (Phi) is 12.8. The van der Waals surface area contributed by atoms with Crippen molar-refractivity contribution in [1.82, 2.24) is 20.9 Å². The number of carbonyl (C=O) groups excluding carboxylic acids is 3. The van der Waals surface area contributed by atoms with Gasteiger partial charge in [-0.25, -0.2) is 4.79 Å². The zero-order valence-corrected chi connectivity index (χ0v) is 24.3. The van der Waals surface area contributed by atoms with Crippen molar-refractivity contribution in [2.75, 3.05) is 12.0 Å². The molecule has 0 saturated carbocycles. The fourth-order valence-corrected chi connectivity index (χ4v) is 4.78. The van der Waals surface area contributed by atoms with Gasteiger partial charge >= 0.3 is 5.97 Å². The SMILES string of the molecule is CCC(C)C(NC(=O)C(Cc1c[nH]c2ccccc12)NC(=O)C(N)CCSC)C(=O)NC(CC(C)C)C(=O)O. The van der Waals surface area contributed by atoms with E-state index in [1.807, 2.05) is 58.2 Å². The topological polar surface area (TPSA) is 166 Å². The highest BCUT2D eigenvalue weighted by Crippen LogP contribution is 2.20. The third kappa shape index (κ3) is 9.58. The summed E-state index contributed by atoms with van der Waals surface area (Å²) in [6.07, 6.45) is 5.19. The summed E-state index contributed by atoms with van der Waals surface area (Å²) in [5.41, 5.74) is 7.80. The summed E-state index contributed by atoms with van der Waals surface area (Å²) in [4.78, 5) is 54.7. The molecule has 0 fully saturated rings. The molecule has 0 spiro atoms. The number of carboxylic acid groups (broad SMARTS) is 1. The summed E-state index contributed by atoms with van der Waals surface area (Å²) in [6, 6.07) is 3.81. The Morgan fingerprint density at radius 3 is 2.28 bits per heavy atom. The molecule has 3 amide bonds. The van der Waals surface area contributed by atoms with Crippen LogP contribution in [0.3, 0.4) is 0 Å². The average molecular weight is 562 g/mol. The largest absolute Gasteiger partial charge is 0.480 e. The van der Waals surface area contributed by atoms with Gasteiger partial charge in [0.15, 0.2) is 0 Å². The number of hydrogen-bond donors (Lipinski definition) is 6. The first-order chi connectivity index (χ1) is 18.5. The van der Waals surface area contributed by atoms with Crippen LogP contribution >= 0.6 is 11.8 Å². The van der Waals surface area contributed by atoms with Gasteiger partial charge in [-0.1, -0.05) is 52.3 Å². The highest BCUT2D eigenvalue weighted by atomic mass is 32.2. The van der Waals surface area contributed by atoms with E-state index >= 15 is 0 Å². The highest BCUT2D eigenvalue weighted by molar-refractivity contribution is 7.98. The smallest absolute Gasteiger partial charge is 0.326 e. The van der Waals surface area contributed by atoms with Crippen LogP contribution in [0.4, 0.5) is 0 Å². The summed E-state index contributed by atoms with van der Waals surface area (Å²) in [7, 11) is 0. The van der Waals surface area contributed by atoms with Crippen molar-refractivity contribution in [3.8, 4) is 0 Å². The van der Waals surface area contributed by atoms with Crippen LogP contribution in [0.5, 0.6) is 0 Å². The number of rotatable bonds is 16. The van der Waals surface area contributed by atoms with E-state index in [1.54, 1.807) is 18.0 Å². The molecule has 0 radical (unpaired) electrons. The molecule has 5 atom stereocenters. The number of para-hydroxylation sites is 1. The average Bonchev–Trinajstić information content (AvgIpc) is 3.31. The molecule has 1 aromatic heterocycles. The molecule has 2 rings (SSSR count). The van der Waals surface area contributed by atoms with Gasteiger partial charge in [-0.2, -0.15) is 11.8 Å². The van der Waals surface area contributed by atoms with Crippen molar-refractivity contribution in [2.24, 2.45) is 17.6 Å². The predicted octanol–water partition coefficient (Wildman–Crippen LogP) is 2.42. The van der Waals surface area contributed by atoms with E-state index in [0.29, 0.717) is 18.6 Å². The number of amides is 3. The number of aromatic amines is 1. The summed E-state index contributed by atoms with van der Waals surface area (Å²) < 4.78 is 0. The number of nitrogens with two attached hydrogens (primary N) is 1. The van der Waals surface area contributed by atoms with Crippen LogP contribution in [0, 0.1) is 11.8 Å². The minimum absolute atomic E-state index is 0.0501. The third-order valence-electron chi connectivity index (χ3n) is 6.82. The van der Waals surface area contributed by atoms with Crippen LogP contribution in [0.25, 0.3) is 10.9 Å². The molecule has 1 aromatic carbocycles. The Morgan fingerprint density at radius 2 is 1.67 bits per heavy atom. The molecule has 0 bridgehead atoms. The number of carboxylic acids is 1. The number of thioether (sulfide) groups is 1. The number of nitrogens with one attached hydrogen (secondary N) is 4. The number of carbonyl (C=O) groups is 4. The van der Waals surface area contributed by atoms with Crippen LogP contribution in [0.15, 0.2) is 30.5 Å². The van der Waals surface area contributed by atoms with Gasteiger partial charge in [0.2, 0.25) is 17.7 Å². The molecule has 0 aliphatic heterocycles. The molecule has 7 N–H and O–H groups in total. The number of benzene rings is 1. The van der Waals surface area contributed by atoms with Crippen LogP contribution in [-0.4, -0.2) is 70.0 Å². The maximum absolute atomic E-state index is 13.6. The maximum atomic E-state index is 13.6. The predicted molar refractivity (Wildman–Crippen MR) is 155 cm³/mol. The number of hydrogen-bond acceptors (Lipinski definition) is 6. The summed E-state index contributed by atoms with van der Waals surface area (Å²) in [5, 5.41) is 18.7. The highest BCUT2D eigenvalue weighted by Gasteiger charge is 2.33. The molecule has 0 saturated heterocycles. The summed E-state index contributed by atoms with van der Waals surface area (Å²) in [5.74, 6) is -2.22. The number of aliphatic carboxylic acids is 1. The first-order valence-electron chi connectivity index (χ1n) is 13.4. The fraction of sp³-hybridized carbons (Fsp3) is 0.571. The van der Waals surface area contributed by atoms with Gasteiger partial charge in [0.1, 0.15) is 18.1 Å². The van der Waals surface area contributed by atoms with Crippen molar-refractivity contribution in [3.63, 3.8) is 0 Å². The van der Waals surface area contributed by atoms with E-state index in [1.165, 1.54) is 0 Å². The Balaban J connectivity index is 2.30. The summed E-state index contributed by atoms with van der Waals surface area (Å²) in [6.45, 7) is 7.44. The first kappa shape index (κ1) is 32.2. The van der Waals surface area contributed by atoms with Crippen molar-refractivity contribution in [3.05, 3.63) is 36.0 Å². The van der Waals surface area contributed by atoms with Gasteiger partial charge < -0.3 is 31.8 Å². The van der Waals surface area contributed by atoms with Crippen molar-refractivity contribution in [2.45, 2.75) is 77.5 Å². The second-order valence-corrected chi connectivity index (χ2v) is 11.4. The van der Waals surface area contributed by atoms with Crippen LogP contribution in [0.2, 0.25) is 0 Å². The molecule has 0 aliphatic rings. The molecule has 2 aromatic rings. The quantitative estimate of drug-likeness (QED) is 0.183. The summed E-state index contributed by atoms with van der Waals surface area (Å²) >= 11 is 1.58. The third-order valence-corrected chi connectivity index (χ3v) is 7.46. The molecular weight excluding hydrogens is 518 g/mol. The van der Waals surface area contributed by atoms with Crippen LogP contribution in [0.1, 0.15) is 52.5 Å². The van der Waals surface area contributed by atoms with Gasteiger partial charge in [-0.05, 0) is 48.3 Å². The number of aromatic nitrogens is 1. The minimum Gasteiger partial charge on any atom is -0.480 e. The molecule has 5 unspecified atom stereocenters. The first-order valence-corrected chi connectivity index (χ1v) is 14.8. The maximum Gasteiger partial charge on any atom is 0.326 e. The van der Waals surface area contributed by atoms with Gasteiger partial charge in [-0.3, -0.25) is 14.4 Å². The normalized spacial score (nSPS) is 15.3. The fourth-order valence-electron chi connectivity index (χ4n) is 4.29. The lowest BCUT2D eigenvalue weighted by Crippen LogP contribution is -2.59. The minimum atomic E-state index is -1.13. The Bertz CT molecular complexity index is 1120. The Labute approximate surface area is 234 Å². The van der Waals surface area contributed by atoms with E-state index in [2.05, 4.69) is 20.9 Å². The monoisotopic (exact) mass is 561 g/mol. The van der Waals surface area contributed by atoms with Crippen molar-refractivity contribution < 1.29 is 24.3 Å². The molecule has 39 heavy (non-hydrogen) atoms. The van der Waals surface area contributed by atoms with E-state index in [-0.39, 0.29) is 24.7 Å². The molecule has 1 heterocycles. The molecular formula is C28H43N5O5S. The molecule has 10 nitrogen and oxygen atoms in total.